The van der Waals surface area contributed by atoms with Gasteiger partial charge in [0.05, 0.1) is 6.61 Å². The molecule has 0 aromatic heterocycles. The fraction of sp³-hybridized carbons (Fsp3) is 0.688. The highest BCUT2D eigenvalue weighted by Crippen LogP contribution is 2.16. The number of esters is 1. The predicted octanol–water partition coefficient (Wildman–Crippen LogP) is 5.35. The van der Waals surface area contributed by atoms with Gasteiger partial charge in [-0.05, 0) is 38.5 Å². The van der Waals surface area contributed by atoms with Crippen molar-refractivity contribution in [3.8, 4) is 0 Å². The van der Waals surface area contributed by atoms with Gasteiger partial charge in [0.1, 0.15) is 0 Å². The molecule has 0 saturated heterocycles. The van der Waals surface area contributed by atoms with Crippen molar-refractivity contribution in [1.29, 1.82) is 0 Å². The summed E-state index contributed by atoms with van der Waals surface area (Å²) >= 11 is 0. The number of unbranched alkanes of at least 4 members (excludes halogenated alkanes) is 5. The van der Waals surface area contributed by atoms with Crippen LogP contribution in [-0.2, 0) is 9.53 Å². The summed E-state index contributed by atoms with van der Waals surface area (Å²) in [5.74, 6) is -2.12. The van der Waals surface area contributed by atoms with Crippen LogP contribution in [0.3, 0.4) is 0 Å². The van der Waals surface area contributed by atoms with Crippen LogP contribution in [0.25, 0.3) is 0 Å². The molecule has 0 atom stereocenters. The minimum atomic E-state index is -4.89. The largest absolute Gasteiger partial charge is 0.490 e. The van der Waals surface area contributed by atoms with Gasteiger partial charge in [0.15, 0.2) is 0 Å². The highest BCUT2D eigenvalue weighted by Gasteiger charge is 2.40. The van der Waals surface area contributed by atoms with Crippen molar-refractivity contribution in [2.45, 2.75) is 64.5 Å². The van der Waals surface area contributed by atoms with E-state index in [0.29, 0.717) is 6.42 Å². The lowest BCUT2D eigenvalue weighted by molar-refractivity contribution is -0.199. The molecule has 0 rings (SSSR count). The molecule has 0 aliphatic heterocycles. The lowest BCUT2D eigenvalue weighted by Crippen LogP contribution is -2.25. The van der Waals surface area contributed by atoms with E-state index in [4.69, 9.17) is 0 Å². The number of hydrogen-bond acceptors (Lipinski definition) is 2. The number of alkyl halides is 3. The first-order chi connectivity index (χ1) is 9.98. The Bertz CT molecular complexity index is 320. The van der Waals surface area contributed by atoms with E-state index in [1.54, 1.807) is 6.08 Å². The molecule has 0 amide bonds. The zero-order valence-corrected chi connectivity index (χ0v) is 12.6. The molecule has 2 nitrogen and oxygen atoms in total. The predicted molar refractivity (Wildman–Crippen MR) is 77.9 cm³/mol. The van der Waals surface area contributed by atoms with Crippen LogP contribution >= 0.6 is 0 Å². The SMILES string of the molecule is CC/C=C/CCCCCC/C=C/CCOC(=O)C(F)(F)F. The summed E-state index contributed by atoms with van der Waals surface area (Å²) in [6, 6.07) is 0. The maximum Gasteiger partial charge on any atom is 0.490 e. The van der Waals surface area contributed by atoms with E-state index >= 15 is 0 Å². The molecule has 0 radical (unpaired) electrons. The quantitative estimate of drug-likeness (QED) is 0.292. The summed E-state index contributed by atoms with van der Waals surface area (Å²) in [6.07, 6.45) is 11.3. The summed E-state index contributed by atoms with van der Waals surface area (Å²) in [6.45, 7) is 1.89. The normalized spacial score (nSPS) is 12.4. The van der Waals surface area contributed by atoms with E-state index in [1.165, 1.54) is 12.8 Å². The number of carbonyl (C=O) groups is 1. The number of ether oxygens (including phenoxy) is 1. The topological polar surface area (TPSA) is 26.3 Å². The van der Waals surface area contributed by atoms with E-state index in [2.05, 4.69) is 23.8 Å². The average Bonchev–Trinajstić information content (AvgIpc) is 2.42. The van der Waals surface area contributed by atoms with Crippen molar-refractivity contribution in [3.05, 3.63) is 24.3 Å². The molecule has 0 aliphatic carbocycles. The van der Waals surface area contributed by atoms with Crippen molar-refractivity contribution in [3.63, 3.8) is 0 Å². The summed E-state index contributed by atoms with van der Waals surface area (Å²) in [7, 11) is 0. The van der Waals surface area contributed by atoms with E-state index in [0.717, 1.165) is 32.1 Å². The van der Waals surface area contributed by atoms with Crippen molar-refractivity contribution < 1.29 is 22.7 Å². The molecule has 21 heavy (non-hydrogen) atoms. The molecule has 0 N–H and O–H groups in total. The maximum absolute atomic E-state index is 11.8. The first-order valence-corrected chi connectivity index (χ1v) is 7.52. The van der Waals surface area contributed by atoms with Crippen LogP contribution in [0.2, 0.25) is 0 Å². The Morgan fingerprint density at radius 3 is 1.95 bits per heavy atom. The third-order valence-corrected chi connectivity index (χ3v) is 2.81. The zero-order valence-electron chi connectivity index (χ0n) is 12.6. The Morgan fingerprint density at radius 2 is 1.43 bits per heavy atom. The van der Waals surface area contributed by atoms with E-state index in [9.17, 15) is 18.0 Å². The van der Waals surface area contributed by atoms with Crippen molar-refractivity contribution in [2.75, 3.05) is 6.61 Å². The van der Waals surface area contributed by atoms with Gasteiger partial charge in [-0.25, -0.2) is 4.79 Å². The van der Waals surface area contributed by atoms with E-state index in [-0.39, 0.29) is 6.61 Å². The van der Waals surface area contributed by atoms with Crippen LogP contribution in [0.15, 0.2) is 24.3 Å². The minimum Gasteiger partial charge on any atom is -0.459 e. The smallest absolute Gasteiger partial charge is 0.459 e. The van der Waals surface area contributed by atoms with Gasteiger partial charge in [0.2, 0.25) is 0 Å². The van der Waals surface area contributed by atoms with Gasteiger partial charge < -0.3 is 4.74 Å². The van der Waals surface area contributed by atoms with Gasteiger partial charge in [-0.15, -0.1) is 0 Å². The molecule has 0 aromatic rings. The molecule has 0 heterocycles. The fourth-order valence-corrected chi connectivity index (χ4v) is 1.70. The van der Waals surface area contributed by atoms with Gasteiger partial charge >= 0.3 is 12.1 Å². The van der Waals surface area contributed by atoms with Crippen molar-refractivity contribution in [2.24, 2.45) is 0 Å². The molecule has 0 saturated carbocycles. The maximum atomic E-state index is 11.8. The summed E-state index contributed by atoms with van der Waals surface area (Å²) in [4.78, 5) is 10.4. The minimum absolute atomic E-state index is 0.224. The molecule has 0 spiro atoms. The number of carbonyl (C=O) groups excluding carboxylic acids is 1. The molecular formula is C16H25F3O2. The summed E-state index contributed by atoms with van der Waals surface area (Å²) < 4.78 is 39.5. The molecule has 0 unspecified atom stereocenters. The molecule has 0 fully saturated rings. The van der Waals surface area contributed by atoms with Crippen molar-refractivity contribution >= 4 is 5.97 Å². The number of halogens is 3. The Balaban J connectivity index is 3.34. The second-order valence-corrected chi connectivity index (χ2v) is 4.76. The van der Waals surface area contributed by atoms with Gasteiger partial charge in [-0.3, -0.25) is 0 Å². The fourth-order valence-electron chi connectivity index (χ4n) is 1.70. The highest BCUT2D eigenvalue weighted by molar-refractivity contribution is 5.75. The van der Waals surface area contributed by atoms with Crippen molar-refractivity contribution in [1.82, 2.24) is 0 Å². The number of allylic oxidation sites excluding steroid dienone is 3. The first kappa shape index (κ1) is 19.7. The molecular weight excluding hydrogens is 281 g/mol. The third kappa shape index (κ3) is 13.5. The molecule has 0 bridgehead atoms. The average molecular weight is 306 g/mol. The van der Waals surface area contributed by atoms with Crippen LogP contribution in [0.4, 0.5) is 13.2 Å². The first-order valence-electron chi connectivity index (χ1n) is 7.52. The van der Waals surface area contributed by atoms with Crippen LogP contribution < -0.4 is 0 Å². The molecule has 0 aliphatic rings. The van der Waals surface area contributed by atoms with E-state index in [1.807, 2.05) is 6.08 Å². The number of hydrogen-bond donors (Lipinski definition) is 0. The van der Waals surface area contributed by atoms with Crippen LogP contribution in [0.5, 0.6) is 0 Å². The standard InChI is InChI=1S/C16H25F3O2/c1-2-3-4-5-6-7-8-9-10-11-12-13-14-21-15(20)16(17,18)19/h3-4,11-12H,2,5-10,13-14H2,1H3/b4-3+,12-11+. The lowest BCUT2D eigenvalue weighted by Gasteiger charge is -2.05. The number of rotatable bonds is 11. The summed E-state index contributed by atoms with van der Waals surface area (Å²) in [5.41, 5.74) is 0. The Morgan fingerprint density at radius 1 is 0.905 bits per heavy atom. The monoisotopic (exact) mass is 306 g/mol. The molecule has 122 valence electrons. The Kier molecular flexibility index (Phi) is 11.7. The Hall–Kier alpha value is -1.26. The van der Waals surface area contributed by atoms with Crippen LogP contribution in [0.1, 0.15) is 58.3 Å². The van der Waals surface area contributed by atoms with Crippen LogP contribution in [-0.4, -0.2) is 18.8 Å². The third-order valence-electron chi connectivity index (χ3n) is 2.81. The Labute approximate surface area is 125 Å². The lowest BCUT2D eigenvalue weighted by atomic mass is 10.1. The van der Waals surface area contributed by atoms with Gasteiger partial charge in [-0.2, -0.15) is 13.2 Å². The highest BCUT2D eigenvalue weighted by atomic mass is 19.4. The molecule has 0 aromatic carbocycles. The van der Waals surface area contributed by atoms with Gasteiger partial charge in [0, 0.05) is 0 Å². The zero-order chi connectivity index (χ0) is 16.0. The second-order valence-electron chi connectivity index (χ2n) is 4.76. The second kappa shape index (κ2) is 12.5. The van der Waals surface area contributed by atoms with Crippen LogP contribution in [0, 0.1) is 0 Å². The summed E-state index contributed by atoms with van der Waals surface area (Å²) in [5, 5.41) is 0. The van der Waals surface area contributed by atoms with Gasteiger partial charge in [0.25, 0.3) is 0 Å². The van der Waals surface area contributed by atoms with E-state index < -0.39 is 12.1 Å². The molecule has 5 heteroatoms. The van der Waals surface area contributed by atoms with Gasteiger partial charge in [-0.1, -0.05) is 44.1 Å².